The first kappa shape index (κ1) is 20.4. The fraction of sp³-hybridized carbons (Fsp3) is 0.556. The molecular weight excluding hydrogens is 356 g/mol. The van der Waals surface area contributed by atoms with Crippen LogP contribution < -0.4 is 10.0 Å². The van der Waals surface area contributed by atoms with Crippen LogP contribution in [0, 0.1) is 20.8 Å². The summed E-state index contributed by atoms with van der Waals surface area (Å²) in [4.78, 5) is 23.3. The van der Waals surface area contributed by atoms with E-state index in [2.05, 4.69) is 10.0 Å². The van der Waals surface area contributed by atoms with E-state index in [0.717, 1.165) is 12.0 Å². The summed E-state index contributed by atoms with van der Waals surface area (Å²) < 4.78 is 27.6. The molecule has 144 valence electrons. The second kappa shape index (κ2) is 7.75. The van der Waals surface area contributed by atoms with Gasteiger partial charge in [0, 0.05) is 13.0 Å². The van der Waals surface area contributed by atoms with Gasteiger partial charge in [-0.2, -0.15) is 0 Å². The number of hydrogen-bond donors (Lipinski definition) is 3. The normalized spacial score (nSPS) is 16.0. The highest BCUT2D eigenvalue weighted by atomic mass is 32.2. The molecule has 1 aromatic rings. The molecular formula is C18H26N2O5S. The minimum absolute atomic E-state index is 0.0371. The molecule has 2 rings (SSSR count). The molecule has 1 aliphatic rings. The van der Waals surface area contributed by atoms with Gasteiger partial charge in [-0.15, -0.1) is 0 Å². The second-order valence-electron chi connectivity index (χ2n) is 7.13. The molecule has 0 spiro atoms. The van der Waals surface area contributed by atoms with Crippen LogP contribution in [0.25, 0.3) is 0 Å². The van der Waals surface area contributed by atoms with Crippen molar-refractivity contribution in [2.24, 2.45) is 0 Å². The summed E-state index contributed by atoms with van der Waals surface area (Å²) in [6, 6.07) is 3.61. The van der Waals surface area contributed by atoms with E-state index in [9.17, 15) is 18.0 Å². The van der Waals surface area contributed by atoms with Crippen LogP contribution in [0.5, 0.6) is 0 Å². The van der Waals surface area contributed by atoms with Gasteiger partial charge >= 0.3 is 5.97 Å². The summed E-state index contributed by atoms with van der Waals surface area (Å²) in [5.74, 6) is -1.29. The summed E-state index contributed by atoms with van der Waals surface area (Å²) >= 11 is 0. The zero-order valence-electron chi connectivity index (χ0n) is 15.4. The second-order valence-corrected chi connectivity index (χ2v) is 8.83. The number of nitrogens with one attached hydrogen (secondary N) is 2. The Morgan fingerprint density at radius 1 is 1.15 bits per heavy atom. The van der Waals surface area contributed by atoms with Gasteiger partial charge in [0.05, 0.1) is 16.9 Å². The van der Waals surface area contributed by atoms with Crippen molar-refractivity contribution in [2.75, 3.05) is 6.54 Å². The topological polar surface area (TPSA) is 113 Å². The Kier molecular flexibility index (Phi) is 6.08. The number of benzene rings is 1. The standard InChI is InChI=1S/C18H26N2O5S/c1-12-9-13(2)17(14(3)10-12)26(24,25)19-8-5-15(21)20-18(6-4-7-18)11-16(22)23/h9-10,19H,4-8,11H2,1-3H3,(H,20,21)(H,22,23). The van der Waals surface area contributed by atoms with Crippen LogP contribution in [0.15, 0.2) is 17.0 Å². The fourth-order valence-corrected chi connectivity index (χ4v) is 5.04. The molecule has 1 aliphatic carbocycles. The van der Waals surface area contributed by atoms with Gasteiger partial charge in [-0.25, -0.2) is 13.1 Å². The summed E-state index contributed by atoms with van der Waals surface area (Å²) in [5, 5.41) is 11.7. The molecule has 0 heterocycles. The number of aryl methyl sites for hydroxylation is 3. The molecule has 1 fully saturated rings. The zero-order chi connectivity index (χ0) is 19.5. The molecule has 0 saturated heterocycles. The van der Waals surface area contributed by atoms with Gasteiger partial charge < -0.3 is 10.4 Å². The predicted molar refractivity (Wildman–Crippen MR) is 97.4 cm³/mol. The lowest BCUT2D eigenvalue weighted by Crippen LogP contribution is -2.55. The van der Waals surface area contributed by atoms with Gasteiger partial charge in [-0.05, 0) is 51.2 Å². The third kappa shape index (κ3) is 4.82. The number of carboxylic acid groups (broad SMARTS) is 1. The number of carbonyl (C=O) groups is 2. The Bertz CT molecular complexity index is 790. The predicted octanol–water partition coefficient (Wildman–Crippen LogP) is 1.79. The van der Waals surface area contributed by atoms with Crippen LogP contribution in [0.1, 0.15) is 48.8 Å². The third-order valence-corrected chi connectivity index (χ3v) is 6.49. The van der Waals surface area contributed by atoms with Crippen molar-refractivity contribution < 1.29 is 23.1 Å². The number of carboxylic acids is 1. The smallest absolute Gasteiger partial charge is 0.305 e. The highest BCUT2D eigenvalue weighted by molar-refractivity contribution is 7.89. The van der Waals surface area contributed by atoms with Crippen molar-refractivity contribution in [3.63, 3.8) is 0 Å². The Hall–Kier alpha value is -1.93. The molecule has 0 aliphatic heterocycles. The van der Waals surface area contributed by atoms with Crippen LogP contribution >= 0.6 is 0 Å². The van der Waals surface area contributed by atoms with Crippen LogP contribution in [0.3, 0.4) is 0 Å². The zero-order valence-corrected chi connectivity index (χ0v) is 16.2. The van der Waals surface area contributed by atoms with Gasteiger partial charge in [-0.1, -0.05) is 17.7 Å². The molecule has 0 radical (unpaired) electrons. The SMILES string of the molecule is Cc1cc(C)c(S(=O)(=O)NCCC(=O)NC2(CC(=O)O)CCC2)c(C)c1. The maximum atomic E-state index is 12.5. The van der Waals surface area contributed by atoms with E-state index in [1.807, 2.05) is 6.92 Å². The molecule has 1 amide bonds. The first-order valence-corrected chi connectivity index (χ1v) is 10.1. The molecule has 0 bridgehead atoms. The largest absolute Gasteiger partial charge is 0.481 e. The summed E-state index contributed by atoms with van der Waals surface area (Å²) in [6.45, 7) is 5.35. The van der Waals surface area contributed by atoms with E-state index in [1.165, 1.54) is 0 Å². The minimum Gasteiger partial charge on any atom is -0.481 e. The lowest BCUT2D eigenvalue weighted by Gasteiger charge is -2.41. The van der Waals surface area contributed by atoms with E-state index in [4.69, 9.17) is 5.11 Å². The maximum Gasteiger partial charge on any atom is 0.305 e. The van der Waals surface area contributed by atoms with Gasteiger partial charge in [0.25, 0.3) is 0 Å². The van der Waals surface area contributed by atoms with Crippen LogP contribution in [0.2, 0.25) is 0 Å². The van der Waals surface area contributed by atoms with Crippen LogP contribution in [-0.2, 0) is 19.6 Å². The minimum atomic E-state index is -3.71. The number of hydrogen-bond acceptors (Lipinski definition) is 4. The van der Waals surface area contributed by atoms with Crippen molar-refractivity contribution in [3.05, 3.63) is 28.8 Å². The molecule has 3 N–H and O–H groups in total. The Morgan fingerprint density at radius 3 is 2.19 bits per heavy atom. The van der Waals surface area contributed by atoms with E-state index in [-0.39, 0.29) is 30.2 Å². The van der Waals surface area contributed by atoms with Crippen molar-refractivity contribution in [1.29, 1.82) is 0 Å². The van der Waals surface area contributed by atoms with E-state index < -0.39 is 21.5 Å². The van der Waals surface area contributed by atoms with Crippen molar-refractivity contribution in [1.82, 2.24) is 10.0 Å². The van der Waals surface area contributed by atoms with Crippen molar-refractivity contribution in [2.45, 2.75) is 63.3 Å². The lowest BCUT2D eigenvalue weighted by atomic mass is 9.74. The van der Waals surface area contributed by atoms with Gasteiger partial charge in [0.2, 0.25) is 15.9 Å². The van der Waals surface area contributed by atoms with Crippen molar-refractivity contribution in [3.8, 4) is 0 Å². The summed E-state index contributed by atoms with van der Waals surface area (Å²) in [7, 11) is -3.71. The average Bonchev–Trinajstić information content (AvgIpc) is 2.42. The van der Waals surface area contributed by atoms with Crippen molar-refractivity contribution >= 4 is 21.9 Å². The number of rotatable bonds is 8. The van der Waals surface area contributed by atoms with E-state index in [1.54, 1.807) is 26.0 Å². The average molecular weight is 382 g/mol. The molecule has 7 nitrogen and oxygen atoms in total. The molecule has 26 heavy (non-hydrogen) atoms. The molecule has 1 saturated carbocycles. The number of carbonyl (C=O) groups excluding carboxylic acids is 1. The van der Waals surface area contributed by atoms with Crippen LogP contribution in [-0.4, -0.2) is 37.5 Å². The van der Waals surface area contributed by atoms with E-state index in [0.29, 0.717) is 24.0 Å². The Balaban J connectivity index is 1.94. The first-order valence-electron chi connectivity index (χ1n) is 8.65. The Morgan fingerprint density at radius 2 is 1.73 bits per heavy atom. The number of sulfonamides is 1. The number of amides is 1. The van der Waals surface area contributed by atoms with E-state index >= 15 is 0 Å². The molecule has 1 aromatic carbocycles. The fourth-order valence-electron chi connectivity index (χ4n) is 3.56. The molecule has 0 atom stereocenters. The first-order chi connectivity index (χ1) is 12.0. The third-order valence-electron chi connectivity index (χ3n) is 4.72. The molecule has 0 unspecified atom stereocenters. The van der Waals surface area contributed by atoms with Gasteiger partial charge in [0.15, 0.2) is 0 Å². The molecule has 8 heteroatoms. The maximum absolute atomic E-state index is 12.5. The highest BCUT2D eigenvalue weighted by Gasteiger charge is 2.40. The number of aliphatic carboxylic acids is 1. The monoisotopic (exact) mass is 382 g/mol. The van der Waals surface area contributed by atoms with Gasteiger partial charge in [0.1, 0.15) is 0 Å². The Labute approximate surface area is 154 Å². The molecule has 0 aromatic heterocycles. The summed E-state index contributed by atoms with van der Waals surface area (Å²) in [6.07, 6.45) is 2.01. The summed E-state index contributed by atoms with van der Waals surface area (Å²) in [5.41, 5.74) is 1.64. The van der Waals surface area contributed by atoms with Gasteiger partial charge in [-0.3, -0.25) is 9.59 Å². The quantitative estimate of drug-likeness (QED) is 0.634. The van der Waals surface area contributed by atoms with Crippen LogP contribution in [0.4, 0.5) is 0 Å². The highest BCUT2D eigenvalue weighted by Crippen LogP contribution is 2.34. The lowest BCUT2D eigenvalue weighted by molar-refractivity contribution is -0.140.